The van der Waals surface area contributed by atoms with Gasteiger partial charge in [0.1, 0.15) is 6.42 Å². The van der Waals surface area contributed by atoms with E-state index in [2.05, 4.69) is 4.84 Å². The quantitative estimate of drug-likeness (QED) is 0.537. The van der Waals surface area contributed by atoms with Crippen LogP contribution >= 0.6 is 0 Å². The van der Waals surface area contributed by atoms with Crippen LogP contribution in [-0.4, -0.2) is 22.8 Å². The molecule has 0 bridgehead atoms. The molecular weight excluding hydrogens is 176 g/mol. The molecule has 0 spiro atoms. The second-order valence-electron chi connectivity index (χ2n) is 2.38. The third kappa shape index (κ3) is 2.02. The van der Waals surface area contributed by atoms with Crippen LogP contribution in [0.2, 0.25) is 0 Å². The number of carbonyl (C=O) groups is 3. The van der Waals surface area contributed by atoms with Gasteiger partial charge in [-0.25, -0.2) is 4.79 Å². The maximum atomic E-state index is 10.9. The number of hydroxylamine groups is 2. The van der Waals surface area contributed by atoms with Crippen molar-refractivity contribution in [2.75, 3.05) is 0 Å². The normalized spacial score (nSPS) is 15.8. The molecule has 1 heterocycles. The van der Waals surface area contributed by atoms with Gasteiger partial charge in [-0.2, -0.15) is 5.26 Å². The fourth-order valence-electron chi connectivity index (χ4n) is 0.857. The zero-order valence-electron chi connectivity index (χ0n) is 6.65. The van der Waals surface area contributed by atoms with Crippen LogP contribution < -0.4 is 0 Å². The summed E-state index contributed by atoms with van der Waals surface area (Å²) < 4.78 is 0. The van der Waals surface area contributed by atoms with Crippen LogP contribution in [0.4, 0.5) is 0 Å². The standard InChI is InChI=1S/C7H6N2O4/c8-4-3-7(12)13-9-5(10)1-2-6(9)11/h1-3H2. The zero-order valence-corrected chi connectivity index (χ0v) is 6.65. The van der Waals surface area contributed by atoms with E-state index in [1.54, 1.807) is 6.07 Å². The second-order valence-corrected chi connectivity index (χ2v) is 2.38. The Bertz CT molecular complexity index is 288. The fraction of sp³-hybridized carbons (Fsp3) is 0.429. The average Bonchev–Trinajstić information content (AvgIpc) is 2.36. The van der Waals surface area contributed by atoms with Crippen LogP contribution in [0.25, 0.3) is 0 Å². The monoisotopic (exact) mass is 182 g/mol. The van der Waals surface area contributed by atoms with Crippen molar-refractivity contribution in [2.24, 2.45) is 0 Å². The topological polar surface area (TPSA) is 87.5 Å². The molecule has 0 unspecified atom stereocenters. The Balaban J connectivity index is 2.54. The van der Waals surface area contributed by atoms with Gasteiger partial charge in [0.15, 0.2) is 0 Å². The maximum Gasteiger partial charge on any atom is 0.347 e. The SMILES string of the molecule is N#CCC(=O)ON1C(=O)CCC1=O. The second kappa shape index (κ2) is 3.67. The lowest BCUT2D eigenvalue weighted by Gasteiger charge is -2.10. The summed E-state index contributed by atoms with van der Waals surface area (Å²) in [5, 5.41) is 8.52. The first kappa shape index (κ1) is 9.19. The first-order chi connectivity index (χ1) is 6.15. The Labute approximate surface area is 73.6 Å². The van der Waals surface area contributed by atoms with Crippen LogP contribution in [-0.2, 0) is 19.2 Å². The molecule has 0 atom stereocenters. The van der Waals surface area contributed by atoms with Crippen LogP contribution in [0.3, 0.4) is 0 Å². The summed E-state index contributed by atoms with van der Waals surface area (Å²) in [5.41, 5.74) is 0. The number of carbonyl (C=O) groups excluding carboxylic acids is 3. The lowest BCUT2D eigenvalue weighted by atomic mass is 10.4. The first-order valence-electron chi connectivity index (χ1n) is 3.58. The molecule has 1 aliphatic rings. The van der Waals surface area contributed by atoms with E-state index in [-0.39, 0.29) is 12.8 Å². The van der Waals surface area contributed by atoms with Gasteiger partial charge in [0.2, 0.25) is 0 Å². The smallest absolute Gasteiger partial charge is 0.329 e. The van der Waals surface area contributed by atoms with E-state index in [4.69, 9.17) is 5.26 Å². The van der Waals surface area contributed by atoms with Gasteiger partial charge in [0.05, 0.1) is 6.07 Å². The highest BCUT2D eigenvalue weighted by atomic mass is 16.7. The summed E-state index contributed by atoms with van der Waals surface area (Å²) in [4.78, 5) is 36.8. The summed E-state index contributed by atoms with van der Waals surface area (Å²) >= 11 is 0. The average molecular weight is 182 g/mol. The van der Waals surface area contributed by atoms with Gasteiger partial charge >= 0.3 is 5.97 Å². The van der Waals surface area contributed by atoms with Gasteiger partial charge in [-0.15, -0.1) is 5.06 Å². The van der Waals surface area contributed by atoms with E-state index < -0.39 is 24.2 Å². The number of nitriles is 1. The minimum atomic E-state index is -0.897. The number of rotatable bonds is 2. The molecule has 1 fully saturated rings. The van der Waals surface area contributed by atoms with Crippen molar-refractivity contribution in [3.05, 3.63) is 0 Å². The molecule has 6 heteroatoms. The largest absolute Gasteiger partial charge is 0.347 e. The summed E-state index contributed by atoms with van der Waals surface area (Å²) in [5.74, 6) is -1.99. The number of hydrogen-bond acceptors (Lipinski definition) is 5. The molecular formula is C7H6N2O4. The molecule has 2 amide bonds. The third-order valence-corrected chi connectivity index (χ3v) is 1.42. The van der Waals surface area contributed by atoms with Gasteiger partial charge in [-0.05, 0) is 0 Å². The van der Waals surface area contributed by atoms with E-state index in [9.17, 15) is 14.4 Å². The highest BCUT2D eigenvalue weighted by Gasteiger charge is 2.32. The van der Waals surface area contributed by atoms with E-state index >= 15 is 0 Å². The van der Waals surface area contributed by atoms with Crippen molar-refractivity contribution >= 4 is 17.8 Å². The van der Waals surface area contributed by atoms with Gasteiger partial charge in [-0.3, -0.25) is 9.59 Å². The molecule has 1 rings (SSSR count). The van der Waals surface area contributed by atoms with Crippen LogP contribution in [0, 0.1) is 11.3 Å². The fourth-order valence-corrected chi connectivity index (χ4v) is 0.857. The van der Waals surface area contributed by atoms with Gasteiger partial charge in [-0.1, -0.05) is 0 Å². The lowest BCUT2D eigenvalue weighted by Crippen LogP contribution is -2.31. The highest BCUT2D eigenvalue weighted by Crippen LogP contribution is 2.12. The Morgan fingerprint density at radius 2 is 2.00 bits per heavy atom. The molecule has 0 aromatic rings. The van der Waals surface area contributed by atoms with Crippen molar-refractivity contribution in [2.45, 2.75) is 19.3 Å². The third-order valence-electron chi connectivity index (χ3n) is 1.42. The molecule has 0 aromatic carbocycles. The van der Waals surface area contributed by atoms with Gasteiger partial charge in [0.25, 0.3) is 11.8 Å². The number of nitrogens with zero attached hydrogens (tertiary/aromatic N) is 2. The molecule has 1 saturated heterocycles. The van der Waals surface area contributed by atoms with E-state index in [0.29, 0.717) is 5.06 Å². The zero-order chi connectivity index (χ0) is 9.84. The summed E-state index contributed by atoms with van der Waals surface area (Å²) in [6.45, 7) is 0. The predicted molar refractivity (Wildman–Crippen MR) is 37.4 cm³/mol. The van der Waals surface area contributed by atoms with Crippen LogP contribution in [0.1, 0.15) is 19.3 Å². The number of hydrogen-bond donors (Lipinski definition) is 0. The molecule has 0 aliphatic carbocycles. The molecule has 0 N–H and O–H groups in total. The Morgan fingerprint density at radius 1 is 1.46 bits per heavy atom. The Morgan fingerprint density at radius 3 is 2.46 bits per heavy atom. The van der Waals surface area contributed by atoms with E-state index in [1.165, 1.54) is 0 Å². The molecule has 0 radical (unpaired) electrons. The Kier molecular flexibility index (Phi) is 2.59. The molecule has 6 nitrogen and oxygen atoms in total. The van der Waals surface area contributed by atoms with E-state index in [0.717, 1.165) is 0 Å². The van der Waals surface area contributed by atoms with E-state index in [1.807, 2.05) is 0 Å². The summed E-state index contributed by atoms with van der Waals surface area (Å²) in [6, 6.07) is 1.55. The van der Waals surface area contributed by atoms with Crippen molar-refractivity contribution in [3.8, 4) is 6.07 Å². The van der Waals surface area contributed by atoms with Crippen molar-refractivity contribution in [1.29, 1.82) is 5.26 Å². The summed E-state index contributed by atoms with van der Waals surface area (Å²) in [6.07, 6.45) is -0.367. The van der Waals surface area contributed by atoms with Crippen LogP contribution in [0.15, 0.2) is 0 Å². The Hall–Kier alpha value is -1.90. The number of amides is 2. The van der Waals surface area contributed by atoms with Crippen LogP contribution in [0.5, 0.6) is 0 Å². The maximum absolute atomic E-state index is 10.9. The predicted octanol–water partition coefficient (Wildman–Crippen LogP) is -0.493. The minimum absolute atomic E-state index is 0.0542. The van der Waals surface area contributed by atoms with Gasteiger partial charge in [0, 0.05) is 12.8 Å². The van der Waals surface area contributed by atoms with Crippen molar-refractivity contribution in [3.63, 3.8) is 0 Å². The first-order valence-corrected chi connectivity index (χ1v) is 3.58. The minimum Gasteiger partial charge on any atom is -0.329 e. The molecule has 13 heavy (non-hydrogen) atoms. The molecule has 1 aliphatic heterocycles. The van der Waals surface area contributed by atoms with Crippen molar-refractivity contribution < 1.29 is 19.2 Å². The number of imide groups is 1. The van der Waals surface area contributed by atoms with Crippen molar-refractivity contribution in [1.82, 2.24) is 5.06 Å². The summed E-state index contributed by atoms with van der Waals surface area (Å²) in [7, 11) is 0. The molecule has 68 valence electrons. The highest BCUT2D eigenvalue weighted by molar-refractivity contribution is 6.01. The molecule has 0 saturated carbocycles. The molecule has 0 aromatic heterocycles. The van der Waals surface area contributed by atoms with Gasteiger partial charge < -0.3 is 4.84 Å². The lowest BCUT2D eigenvalue weighted by molar-refractivity contribution is -0.196.